The molecule has 2 aromatic carbocycles. The monoisotopic (exact) mass is 529 g/mol. The molecule has 0 radical (unpaired) electrons. The molecule has 1 amide bonds. The smallest absolute Gasteiger partial charge is 0.326 e. The number of fused-ring (bicyclic) bond motifs is 1. The number of rotatable bonds is 14. The van der Waals surface area contributed by atoms with Crippen molar-refractivity contribution in [1.82, 2.24) is 4.90 Å². The summed E-state index contributed by atoms with van der Waals surface area (Å²) in [5.74, 6) is -1.61. The van der Waals surface area contributed by atoms with E-state index >= 15 is 0 Å². The lowest BCUT2D eigenvalue weighted by Gasteiger charge is -2.35. The Kier molecular flexibility index (Phi) is 10.2. The van der Waals surface area contributed by atoms with E-state index in [4.69, 9.17) is 9.26 Å². The van der Waals surface area contributed by atoms with Crippen molar-refractivity contribution in [1.29, 1.82) is 0 Å². The number of amides is 1. The molecule has 3 rings (SSSR count). The van der Waals surface area contributed by atoms with E-state index in [0.29, 0.717) is 6.42 Å². The predicted molar refractivity (Wildman–Crippen MR) is 141 cm³/mol. The summed E-state index contributed by atoms with van der Waals surface area (Å²) in [5, 5.41) is 9.79. The highest BCUT2D eigenvalue weighted by molar-refractivity contribution is 7.59. The molecule has 0 bridgehead atoms. The third-order valence-corrected chi connectivity index (χ3v) is 8.78. The van der Waals surface area contributed by atoms with Crippen molar-refractivity contribution in [3.05, 3.63) is 71.3 Å². The van der Waals surface area contributed by atoms with Crippen molar-refractivity contribution in [3.8, 4) is 0 Å². The van der Waals surface area contributed by atoms with Gasteiger partial charge < -0.3 is 24.1 Å². The van der Waals surface area contributed by atoms with Gasteiger partial charge in [0.1, 0.15) is 18.5 Å². The minimum atomic E-state index is -3.49. The Morgan fingerprint density at radius 1 is 1.08 bits per heavy atom. The summed E-state index contributed by atoms with van der Waals surface area (Å²) >= 11 is 0. The first kappa shape index (κ1) is 28.8. The molecule has 8 nitrogen and oxygen atoms in total. The van der Waals surface area contributed by atoms with Crippen LogP contribution in [0, 0.1) is 5.41 Å². The Bertz CT molecular complexity index is 1120. The molecule has 0 saturated heterocycles. The van der Waals surface area contributed by atoms with Crippen LogP contribution in [0.4, 0.5) is 0 Å². The number of carboxylic acid groups (broad SMARTS) is 1. The molecule has 0 fully saturated rings. The van der Waals surface area contributed by atoms with Crippen molar-refractivity contribution in [2.45, 2.75) is 52.1 Å². The second-order valence-corrected chi connectivity index (χ2v) is 12.8. The van der Waals surface area contributed by atoms with Gasteiger partial charge in [0, 0.05) is 24.5 Å². The molecule has 1 N–H and O–H groups in total. The topological polar surface area (TPSA) is 110 Å². The van der Waals surface area contributed by atoms with Gasteiger partial charge in [0.15, 0.2) is 6.79 Å². The molecule has 2 aromatic rings. The zero-order valence-electron chi connectivity index (χ0n) is 21.5. The number of carboxylic acids is 1. The van der Waals surface area contributed by atoms with Gasteiger partial charge in [0.2, 0.25) is 13.3 Å². The van der Waals surface area contributed by atoms with E-state index in [1.807, 2.05) is 54.6 Å². The van der Waals surface area contributed by atoms with Crippen LogP contribution < -0.4 is 0 Å². The van der Waals surface area contributed by atoms with Crippen LogP contribution in [0.1, 0.15) is 43.4 Å². The Morgan fingerprint density at radius 2 is 1.76 bits per heavy atom. The fourth-order valence-electron chi connectivity index (χ4n) is 4.29. The van der Waals surface area contributed by atoms with E-state index in [-0.39, 0.29) is 32.5 Å². The van der Waals surface area contributed by atoms with Gasteiger partial charge >= 0.3 is 5.97 Å². The summed E-state index contributed by atoms with van der Waals surface area (Å²) in [5.41, 5.74) is 2.23. The molecule has 0 aromatic heterocycles. The van der Waals surface area contributed by atoms with E-state index in [1.54, 1.807) is 13.8 Å². The average Bonchev–Trinajstić information content (AvgIpc) is 2.89. The van der Waals surface area contributed by atoms with Crippen LogP contribution >= 0.6 is 7.37 Å². The summed E-state index contributed by atoms with van der Waals surface area (Å²) in [6.07, 6.45) is 2.90. The Labute approximate surface area is 218 Å². The number of hydrogen-bond acceptors (Lipinski definition) is 6. The lowest BCUT2D eigenvalue weighted by molar-refractivity contribution is -0.150. The molecule has 1 aliphatic rings. The zero-order valence-corrected chi connectivity index (χ0v) is 22.4. The van der Waals surface area contributed by atoms with Crippen molar-refractivity contribution in [3.63, 3.8) is 0 Å². The molecule has 0 saturated carbocycles. The highest BCUT2D eigenvalue weighted by atomic mass is 31.2. The van der Waals surface area contributed by atoms with Crippen LogP contribution in [-0.2, 0) is 47.6 Å². The first-order chi connectivity index (χ1) is 17.6. The summed E-state index contributed by atoms with van der Waals surface area (Å²) < 4.78 is 24.9. The Hall–Kier alpha value is -2.80. The summed E-state index contributed by atoms with van der Waals surface area (Å²) in [6.45, 7) is 3.35. The highest BCUT2D eigenvalue weighted by Gasteiger charge is 2.38. The van der Waals surface area contributed by atoms with Crippen molar-refractivity contribution >= 4 is 25.5 Å². The van der Waals surface area contributed by atoms with Crippen LogP contribution in [0.5, 0.6) is 0 Å². The summed E-state index contributed by atoms with van der Waals surface area (Å²) in [6, 6.07) is 16.4. The molecule has 1 aliphatic heterocycles. The number of carbonyl (C=O) groups excluding carboxylic acids is 2. The minimum Gasteiger partial charge on any atom is -0.480 e. The quantitative estimate of drug-likeness (QED) is 0.166. The van der Waals surface area contributed by atoms with E-state index in [9.17, 15) is 24.1 Å². The number of aldehydes is 1. The maximum atomic E-state index is 13.8. The van der Waals surface area contributed by atoms with Gasteiger partial charge in [-0.25, -0.2) is 4.79 Å². The molecule has 1 unspecified atom stereocenters. The van der Waals surface area contributed by atoms with Gasteiger partial charge in [-0.15, -0.1) is 0 Å². The van der Waals surface area contributed by atoms with Crippen LogP contribution in [0.15, 0.2) is 54.6 Å². The number of unbranched alkanes of at least 4 members (excludes halogenated alkanes) is 1. The van der Waals surface area contributed by atoms with Crippen molar-refractivity contribution in [2.75, 3.05) is 25.7 Å². The van der Waals surface area contributed by atoms with Crippen molar-refractivity contribution in [2.24, 2.45) is 5.41 Å². The van der Waals surface area contributed by atoms with E-state index < -0.39 is 36.9 Å². The van der Waals surface area contributed by atoms with E-state index in [0.717, 1.165) is 30.3 Å². The molecule has 200 valence electrons. The standard InChI is InChI=1S/C28H36NO7P/c1-28(2,19-30)20-35-21-36-37(34,15-9-8-12-22-10-4-3-5-11-22)18-26(31)29-17-24-14-7-6-13-23(24)16-25(29)27(32)33/h3-7,10-11,13-14,19,25H,8-9,12,15-18,20-21H2,1-2H3,(H,32,33)/t25-,37?/m0/s1. The lowest BCUT2D eigenvalue weighted by Crippen LogP contribution is -2.49. The van der Waals surface area contributed by atoms with Gasteiger partial charge in [-0.2, -0.15) is 0 Å². The van der Waals surface area contributed by atoms with Crippen molar-refractivity contribution < 1.29 is 33.3 Å². The lowest BCUT2D eigenvalue weighted by atomic mass is 9.94. The number of benzene rings is 2. The van der Waals surface area contributed by atoms with E-state index in [1.165, 1.54) is 10.5 Å². The van der Waals surface area contributed by atoms with E-state index in [2.05, 4.69) is 0 Å². The number of aliphatic carboxylic acids is 1. The summed E-state index contributed by atoms with van der Waals surface area (Å²) in [7, 11) is -3.49. The Balaban J connectivity index is 1.67. The molecule has 0 aliphatic carbocycles. The molecule has 0 spiro atoms. The molecular formula is C28H36NO7P. The summed E-state index contributed by atoms with van der Waals surface area (Å²) in [4.78, 5) is 37.8. The molecule has 2 atom stereocenters. The first-order valence-corrected chi connectivity index (χ1v) is 14.5. The van der Waals surface area contributed by atoms with Crippen LogP contribution in [0.3, 0.4) is 0 Å². The fraction of sp³-hybridized carbons (Fsp3) is 0.464. The fourth-order valence-corrected chi connectivity index (χ4v) is 6.23. The van der Waals surface area contributed by atoms with Crippen LogP contribution in [0.2, 0.25) is 0 Å². The maximum absolute atomic E-state index is 13.8. The average molecular weight is 530 g/mol. The number of hydrogen-bond donors (Lipinski definition) is 1. The largest absolute Gasteiger partial charge is 0.480 e. The molecule has 9 heteroatoms. The van der Waals surface area contributed by atoms with Crippen LogP contribution in [0.25, 0.3) is 0 Å². The first-order valence-electron chi connectivity index (χ1n) is 12.5. The normalized spacial score (nSPS) is 17.0. The van der Waals surface area contributed by atoms with Gasteiger partial charge in [-0.3, -0.25) is 9.36 Å². The molecule has 37 heavy (non-hydrogen) atoms. The maximum Gasteiger partial charge on any atom is 0.326 e. The van der Waals surface area contributed by atoms with Gasteiger partial charge in [-0.05, 0) is 36.0 Å². The SMILES string of the molecule is CC(C)(C=O)COCOP(=O)(CCCCc1ccccc1)CC(=O)N1Cc2ccccc2C[C@H]1C(=O)O. The van der Waals surface area contributed by atoms with Gasteiger partial charge in [0.05, 0.1) is 6.61 Å². The number of carbonyl (C=O) groups is 3. The molecular weight excluding hydrogens is 493 g/mol. The van der Waals surface area contributed by atoms with Crippen LogP contribution in [-0.4, -0.2) is 59.9 Å². The second kappa shape index (κ2) is 13.1. The predicted octanol–water partition coefficient (Wildman–Crippen LogP) is 4.54. The third kappa shape index (κ3) is 8.63. The van der Waals surface area contributed by atoms with Gasteiger partial charge in [-0.1, -0.05) is 68.4 Å². The third-order valence-electron chi connectivity index (χ3n) is 6.45. The molecule has 1 heterocycles. The number of nitrogens with zero attached hydrogens (tertiary/aromatic N) is 1. The number of ether oxygens (including phenoxy) is 1. The Morgan fingerprint density at radius 3 is 2.43 bits per heavy atom. The highest BCUT2D eigenvalue weighted by Crippen LogP contribution is 2.48. The number of aryl methyl sites for hydroxylation is 1. The minimum absolute atomic E-state index is 0.0858. The zero-order chi connectivity index (χ0) is 26.9. The van der Waals surface area contributed by atoms with Gasteiger partial charge in [0.25, 0.3) is 0 Å². The second-order valence-electron chi connectivity index (χ2n) is 10.2.